The number of amides is 2. The number of likely N-dealkylation sites (tertiary alicyclic amines) is 2. The van der Waals surface area contributed by atoms with Crippen molar-refractivity contribution in [1.29, 1.82) is 0 Å². The number of nitrogens with zero attached hydrogens (tertiary/aromatic N) is 4. The standard InChI is InChI=1S/C44H40N6O4/c51-43(53-27-29-9-3-1-4-10-29)49-21-7-13-39(49)41-45-26-38(48-41)35-18-17-31-23-32(15-16-33(31)24-35)34-19-20-36-37(25-34)47-42(46-36)40-14-8-22-50(40)44(52)54-28-30-11-5-2-6-12-30/h1-6,9-12,15-20,23-26,39-40H,7-8,13-14,21-22,27-28H2,(H,45,48)(H,46,47)/t39-,40-/m0/s1. The lowest BCUT2D eigenvalue weighted by molar-refractivity contribution is 0.0903. The van der Waals surface area contributed by atoms with Crippen LogP contribution in [-0.2, 0) is 22.7 Å². The van der Waals surface area contributed by atoms with Gasteiger partial charge in [0.1, 0.15) is 24.9 Å². The van der Waals surface area contributed by atoms with Gasteiger partial charge in [0.05, 0.1) is 35.0 Å². The van der Waals surface area contributed by atoms with Crippen molar-refractivity contribution in [1.82, 2.24) is 29.7 Å². The van der Waals surface area contributed by atoms with Gasteiger partial charge in [-0.05, 0) is 83.0 Å². The van der Waals surface area contributed by atoms with E-state index < -0.39 is 0 Å². The van der Waals surface area contributed by atoms with Crippen molar-refractivity contribution in [3.8, 4) is 22.4 Å². The molecule has 2 atom stereocenters. The molecule has 2 amide bonds. The first-order chi connectivity index (χ1) is 26.6. The molecular formula is C44H40N6O4. The number of rotatable bonds is 8. The second kappa shape index (κ2) is 14.5. The minimum absolute atomic E-state index is 0.146. The van der Waals surface area contributed by atoms with Crippen LogP contribution in [0.1, 0.15) is 60.5 Å². The summed E-state index contributed by atoms with van der Waals surface area (Å²) in [6, 6.07) is 38.3. The van der Waals surface area contributed by atoms with Crippen LogP contribution in [0, 0.1) is 0 Å². The Morgan fingerprint density at radius 2 is 1.19 bits per heavy atom. The SMILES string of the molecule is O=C(OCc1ccccc1)N1CCC[C@H]1c1ncc(-c2ccc3cc(-c4ccc5nc([C@@H]6CCCN6C(=O)OCc6ccccc6)[nH]c5c4)ccc3c2)[nH]1. The minimum Gasteiger partial charge on any atom is -0.445 e. The van der Waals surface area contributed by atoms with Gasteiger partial charge in [0.15, 0.2) is 0 Å². The second-order valence-electron chi connectivity index (χ2n) is 14.1. The molecule has 2 aliphatic heterocycles. The van der Waals surface area contributed by atoms with Gasteiger partial charge in [-0.3, -0.25) is 9.80 Å². The van der Waals surface area contributed by atoms with Gasteiger partial charge in [0, 0.05) is 18.7 Å². The highest BCUT2D eigenvalue weighted by Gasteiger charge is 2.34. The van der Waals surface area contributed by atoms with E-state index in [2.05, 4.69) is 58.5 Å². The monoisotopic (exact) mass is 716 g/mol. The zero-order valence-electron chi connectivity index (χ0n) is 29.8. The number of ether oxygens (including phenoxy) is 2. The lowest BCUT2D eigenvalue weighted by atomic mass is 9.99. The van der Waals surface area contributed by atoms with Gasteiger partial charge < -0.3 is 19.4 Å². The first kappa shape index (κ1) is 33.4. The number of imidazole rings is 2. The molecule has 2 aromatic heterocycles. The number of aromatic amines is 2. The molecule has 0 spiro atoms. The average molecular weight is 717 g/mol. The molecule has 2 saturated heterocycles. The number of nitrogens with one attached hydrogen (secondary N) is 2. The lowest BCUT2D eigenvalue weighted by Crippen LogP contribution is -2.31. The fraction of sp³-hybridized carbons (Fsp3) is 0.227. The van der Waals surface area contributed by atoms with Gasteiger partial charge >= 0.3 is 12.2 Å². The van der Waals surface area contributed by atoms with E-state index in [1.807, 2.05) is 72.9 Å². The van der Waals surface area contributed by atoms with Gasteiger partial charge in [0.25, 0.3) is 0 Å². The van der Waals surface area contributed by atoms with E-state index in [0.717, 1.165) is 92.6 Å². The fourth-order valence-corrected chi connectivity index (χ4v) is 7.76. The highest BCUT2D eigenvalue weighted by molar-refractivity contribution is 5.92. The van der Waals surface area contributed by atoms with E-state index in [9.17, 15) is 9.59 Å². The molecule has 54 heavy (non-hydrogen) atoms. The summed E-state index contributed by atoms with van der Waals surface area (Å²) in [6.45, 7) is 1.79. The fourth-order valence-electron chi connectivity index (χ4n) is 7.76. The van der Waals surface area contributed by atoms with Gasteiger partial charge in [0.2, 0.25) is 0 Å². The van der Waals surface area contributed by atoms with Crippen LogP contribution >= 0.6 is 0 Å². The molecule has 0 saturated carbocycles. The van der Waals surface area contributed by atoms with E-state index in [0.29, 0.717) is 13.1 Å². The minimum atomic E-state index is -0.315. The molecule has 0 bridgehead atoms. The Morgan fingerprint density at radius 1 is 0.630 bits per heavy atom. The molecule has 10 nitrogen and oxygen atoms in total. The summed E-state index contributed by atoms with van der Waals surface area (Å²) in [5.74, 6) is 1.56. The molecule has 7 aromatic rings. The summed E-state index contributed by atoms with van der Waals surface area (Å²) >= 11 is 0. The molecule has 5 aromatic carbocycles. The molecule has 10 heteroatoms. The Morgan fingerprint density at radius 3 is 1.83 bits per heavy atom. The van der Waals surface area contributed by atoms with Crippen LogP contribution in [0.25, 0.3) is 44.2 Å². The molecule has 0 radical (unpaired) electrons. The molecule has 2 aliphatic rings. The molecule has 0 aliphatic carbocycles. The quantitative estimate of drug-likeness (QED) is 0.162. The van der Waals surface area contributed by atoms with Crippen molar-refractivity contribution in [3.63, 3.8) is 0 Å². The summed E-state index contributed by atoms with van der Waals surface area (Å²) in [5.41, 5.74) is 7.85. The third-order valence-corrected chi connectivity index (χ3v) is 10.6. The number of hydrogen-bond donors (Lipinski definition) is 2. The van der Waals surface area contributed by atoms with Gasteiger partial charge in [-0.2, -0.15) is 0 Å². The zero-order valence-corrected chi connectivity index (χ0v) is 29.8. The number of benzene rings is 5. The Balaban J connectivity index is 0.881. The van der Waals surface area contributed by atoms with E-state index in [1.54, 1.807) is 9.80 Å². The largest absolute Gasteiger partial charge is 0.445 e. The first-order valence-corrected chi connectivity index (χ1v) is 18.6. The van der Waals surface area contributed by atoms with E-state index in [1.165, 1.54) is 0 Å². The number of hydrogen-bond acceptors (Lipinski definition) is 6. The molecule has 0 unspecified atom stereocenters. The second-order valence-corrected chi connectivity index (χ2v) is 14.1. The summed E-state index contributed by atoms with van der Waals surface area (Å²) in [6.07, 6.45) is 4.70. The number of H-pyrrole nitrogens is 2. The van der Waals surface area contributed by atoms with E-state index >= 15 is 0 Å². The Hall–Kier alpha value is -6.42. The Labute approximate surface area is 312 Å². The number of carbonyl (C=O) groups is 2. The highest BCUT2D eigenvalue weighted by atomic mass is 16.6. The maximum atomic E-state index is 13.1. The molecule has 270 valence electrons. The van der Waals surface area contributed by atoms with Crippen molar-refractivity contribution in [3.05, 3.63) is 144 Å². The molecule has 4 heterocycles. The number of fused-ring (bicyclic) bond motifs is 2. The number of aromatic nitrogens is 4. The normalized spacial score (nSPS) is 17.0. The topological polar surface area (TPSA) is 116 Å². The third-order valence-electron chi connectivity index (χ3n) is 10.6. The summed E-state index contributed by atoms with van der Waals surface area (Å²) < 4.78 is 11.3. The average Bonchev–Trinajstić information content (AvgIpc) is 4.05. The molecular weight excluding hydrogens is 677 g/mol. The van der Waals surface area contributed by atoms with Crippen molar-refractivity contribution in [2.24, 2.45) is 0 Å². The van der Waals surface area contributed by atoms with Crippen LogP contribution in [0.15, 0.2) is 121 Å². The van der Waals surface area contributed by atoms with Crippen LogP contribution in [0.4, 0.5) is 9.59 Å². The van der Waals surface area contributed by atoms with Crippen molar-refractivity contribution >= 4 is 34.0 Å². The predicted octanol–water partition coefficient (Wildman–Crippen LogP) is 9.72. The lowest BCUT2D eigenvalue weighted by Gasteiger charge is -2.22. The summed E-state index contributed by atoms with van der Waals surface area (Å²) in [4.78, 5) is 46.2. The summed E-state index contributed by atoms with van der Waals surface area (Å²) in [7, 11) is 0. The van der Waals surface area contributed by atoms with Crippen LogP contribution in [0.5, 0.6) is 0 Å². The van der Waals surface area contributed by atoms with Gasteiger partial charge in [-0.15, -0.1) is 0 Å². The smallest absolute Gasteiger partial charge is 0.410 e. The highest BCUT2D eigenvalue weighted by Crippen LogP contribution is 2.35. The van der Waals surface area contributed by atoms with Gasteiger partial charge in [-0.1, -0.05) is 91.0 Å². The van der Waals surface area contributed by atoms with Crippen LogP contribution in [0.3, 0.4) is 0 Å². The maximum Gasteiger partial charge on any atom is 0.410 e. The van der Waals surface area contributed by atoms with E-state index in [4.69, 9.17) is 19.4 Å². The Bertz CT molecular complexity index is 2440. The van der Waals surface area contributed by atoms with Crippen LogP contribution in [0.2, 0.25) is 0 Å². The summed E-state index contributed by atoms with van der Waals surface area (Å²) in [5, 5.41) is 2.24. The van der Waals surface area contributed by atoms with Crippen LogP contribution < -0.4 is 0 Å². The first-order valence-electron chi connectivity index (χ1n) is 18.6. The molecule has 2 fully saturated rings. The van der Waals surface area contributed by atoms with Crippen molar-refractivity contribution in [2.75, 3.05) is 13.1 Å². The van der Waals surface area contributed by atoms with E-state index in [-0.39, 0.29) is 37.5 Å². The molecule has 2 N–H and O–H groups in total. The molecule has 9 rings (SSSR count). The van der Waals surface area contributed by atoms with Crippen molar-refractivity contribution in [2.45, 2.75) is 51.0 Å². The number of carbonyl (C=O) groups excluding carboxylic acids is 2. The van der Waals surface area contributed by atoms with Crippen molar-refractivity contribution < 1.29 is 19.1 Å². The van der Waals surface area contributed by atoms with Gasteiger partial charge in [-0.25, -0.2) is 19.6 Å². The maximum absolute atomic E-state index is 13.1. The van der Waals surface area contributed by atoms with Crippen LogP contribution in [-0.4, -0.2) is 55.0 Å². The predicted molar refractivity (Wildman–Crippen MR) is 207 cm³/mol. The third kappa shape index (κ3) is 6.78. The zero-order chi connectivity index (χ0) is 36.4. The Kier molecular flexibility index (Phi) is 9.00.